The third-order valence-corrected chi connectivity index (χ3v) is 5.22. The zero-order valence-corrected chi connectivity index (χ0v) is 14.1. The van der Waals surface area contributed by atoms with Gasteiger partial charge in [-0.25, -0.2) is 0 Å². The summed E-state index contributed by atoms with van der Waals surface area (Å²) < 4.78 is 0. The SMILES string of the molecule is CC1C=CCC2C(=O)N(c3ccc(Cc4ccncc4)cc3)C(=O)C12. The number of hydrogen-bond acceptors (Lipinski definition) is 3. The first kappa shape index (κ1) is 15.8. The van der Waals surface area contributed by atoms with Gasteiger partial charge < -0.3 is 0 Å². The number of amides is 2. The Bertz CT molecular complexity index is 827. The number of aromatic nitrogens is 1. The van der Waals surface area contributed by atoms with Crippen molar-refractivity contribution in [3.05, 3.63) is 72.1 Å². The van der Waals surface area contributed by atoms with E-state index < -0.39 is 0 Å². The van der Waals surface area contributed by atoms with Crippen molar-refractivity contribution in [2.45, 2.75) is 19.8 Å². The maximum Gasteiger partial charge on any atom is 0.238 e. The van der Waals surface area contributed by atoms with Crippen molar-refractivity contribution in [2.75, 3.05) is 4.90 Å². The highest BCUT2D eigenvalue weighted by Crippen LogP contribution is 2.40. The Kier molecular flexibility index (Phi) is 3.96. The molecule has 3 atom stereocenters. The van der Waals surface area contributed by atoms with E-state index >= 15 is 0 Å². The van der Waals surface area contributed by atoms with Crippen LogP contribution in [0.15, 0.2) is 60.9 Å². The monoisotopic (exact) mass is 332 g/mol. The Hall–Kier alpha value is -2.75. The van der Waals surface area contributed by atoms with E-state index in [-0.39, 0.29) is 29.6 Å². The molecule has 1 fully saturated rings. The van der Waals surface area contributed by atoms with Gasteiger partial charge in [-0.15, -0.1) is 0 Å². The van der Waals surface area contributed by atoms with Crippen LogP contribution in [0.25, 0.3) is 0 Å². The van der Waals surface area contributed by atoms with Gasteiger partial charge in [0, 0.05) is 12.4 Å². The van der Waals surface area contributed by atoms with E-state index in [1.807, 2.05) is 55.5 Å². The summed E-state index contributed by atoms with van der Waals surface area (Å²) in [5.41, 5.74) is 3.00. The standard InChI is InChI=1S/C21H20N2O2/c1-14-3-2-4-18-19(14)21(25)23(20(18)24)17-7-5-15(6-8-17)13-16-9-11-22-12-10-16/h2-3,5-12,14,18-19H,4,13H2,1H3. The zero-order valence-electron chi connectivity index (χ0n) is 14.1. The highest BCUT2D eigenvalue weighted by Gasteiger charge is 2.50. The van der Waals surface area contributed by atoms with Gasteiger partial charge >= 0.3 is 0 Å². The van der Waals surface area contributed by atoms with Gasteiger partial charge in [-0.2, -0.15) is 0 Å². The number of hydrogen-bond donors (Lipinski definition) is 0. The molecule has 2 aromatic rings. The zero-order chi connectivity index (χ0) is 17.4. The molecule has 0 radical (unpaired) electrons. The lowest BCUT2D eigenvalue weighted by molar-refractivity contribution is -0.122. The van der Waals surface area contributed by atoms with Crippen LogP contribution in [0.3, 0.4) is 0 Å². The second kappa shape index (κ2) is 6.28. The quantitative estimate of drug-likeness (QED) is 0.639. The van der Waals surface area contributed by atoms with Crippen LogP contribution in [0.2, 0.25) is 0 Å². The van der Waals surface area contributed by atoms with Gasteiger partial charge in [0.15, 0.2) is 0 Å². The first-order chi connectivity index (χ1) is 12.1. The van der Waals surface area contributed by atoms with E-state index in [9.17, 15) is 9.59 Å². The third kappa shape index (κ3) is 2.78. The molecular formula is C21H20N2O2. The summed E-state index contributed by atoms with van der Waals surface area (Å²) in [5, 5.41) is 0. The van der Waals surface area contributed by atoms with Crippen LogP contribution in [0, 0.1) is 17.8 Å². The van der Waals surface area contributed by atoms with Gasteiger partial charge in [-0.05, 0) is 54.2 Å². The molecule has 25 heavy (non-hydrogen) atoms. The van der Waals surface area contributed by atoms with Crippen LogP contribution >= 0.6 is 0 Å². The summed E-state index contributed by atoms with van der Waals surface area (Å²) in [6.07, 6.45) is 9.10. The van der Waals surface area contributed by atoms with Crippen molar-refractivity contribution in [3.63, 3.8) is 0 Å². The predicted molar refractivity (Wildman–Crippen MR) is 95.9 cm³/mol. The maximum atomic E-state index is 12.8. The number of imide groups is 1. The normalized spacial score (nSPS) is 25.3. The molecule has 1 aliphatic carbocycles. The number of fused-ring (bicyclic) bond motifs is 1. The molecule has 2 amide bonds. The molecule has 2 aliphatic rings. The third-order valence-electron chi connectivity index (χ3n) is 5.22. The fourth-order valence-corrected chi connectivity index (χ4v) is 3.90. The molecule has 126 valence electrons. The number of carbonyl (C=O) groups is 2. The molecule has 4 heteroatoms. The predicted octanol–water partition coefficient (Wildman–Crippen LogP) is 3.37. The summed E-state index contributed by atoms with van der Waals surface area (Å²) in [7, 11) is 0. The Labute approximate surface area is 147 Å². The largest absolute Gasteiger partial charge is 0.274 e. The van der Waals surface area contributed by atoms with Crippen LogP contribution in [0.1, 0.15) is 24.5 Å². The van der Waals surface area contributed by atoms with E-state index in [0.29, 0.717) is 12.1 Å². The Morgan fingerprint density at radius 2 is 1.68 bits per heavy atom. The van der Waals surface area contributed by atoms with Gasteiger partial charge in [0.25, 0.3) is 0 Å². The highest BCUT2D eigenvalue weighted by atomic mass is 16.2. The molecule has 0 bridgehead atoms. The summed E-state index contributed by atoms with van der Waals surface area (Å²) in [5.74, 6) is -0.425. The molecule has 1 aliphatic heterocycles. The summed E-state index contributed by atoms with van der Waals surface area (Å²) in [6.45, 7) is 2.01. The fourth-order valence-electron chi connectivity index (χ4n) is 3.90. The molecular weight excluding hydrogens is 312 g/mol. The maximum absolute atomic E-state index is 12.8. The van der Waals surface area contributed by atoms with E-state index in [2.05, 4.69) is 4.98 Å². The number of benzene rings is 1. The smallest absolute Gasteiger partial charge is 0.238 e. The number of pyridine rings is 1. The van der Waals surface area contributed by atoms with Crippen molar-refractivity contribution in [1.82, 2.24) is 4.98 Å². The first-order valence-electron chi connectivity index (χ1n) is 8.67. The second-order valence-corrected chi connectivity index (χ2v) is 6.87. The number of nitrogens with zero attached hydrogens (tertiary/aromatic N) is 2. The number of carbonyl (C=O) groups excluding carboxylic acids is 2. The van der Waals surface area contributed by atoms with Crippen molar-refractivity contribution in [1.29, 1.82) is 0 Å². The average Bonchev–Trinajstić information content (AvgIpc) is 2.89. The van der Waals surface area contributed by atoms with E-state index in [0.717, 1.165) is 12.0 Å². The first-order valence-corrected chi connectivity index (χ1v) is 8.67. The molecule has 0 saturated carbocycles. The van der Waals surface area contributed by atoms with Crippen LogP contribution in [-0.4, -0.2) is 16.8 Å². The van der Waals surface area contributed by atoms with Crippen LogP contribution in [-0.2, 0) is 16.0 Å². The lowest BCUT2D eigenvalue weighted by Crippen LogP contribution is -2.31. The summed E-state index contributed by atoms with van der Waals surface area (Å²) in [4.78, 5) is 30.9. The molecule has 1 saturated heterocycles. The number of rotatable bonds is 3. The van der Waals surface area contributed by atoms with Crippen LogP contribution < -0.4 is 4.90 Å². The topological polar surface area (TPSA) is 50.3 Å². The number of allylic oxidation sites excluding steroid dienone is 2. The molecule has 0 spiro atoms. The minimum Gasteiger partial charge on any atom is -0.274 e. The van der Waals surface area contributed by atoms with Crippen molar-refractivity contribution >= 4 is 17.5 Å². The molecule has 3 unspecified atom stereocenters. The molecule has 4 rings (SSSR count). The minimum atomic E-state index is -0.214. The van der Waals surface area contributed by atoms with Gasteiger partial charge in [0.2, 0.25) is 11.8 Å². The van der Waals surface area contributed by atoms with Gasteiger partial charge in [-0.1, -0.05) is 31.2 Å². The second-order valence-electron chi connectivity index (χ2n) is 6.87. The molecule has 1 aromatic heterocycles. The van der Waals surface area contributed by atoms with Crippen molar-refractivity contribution in [2.24, 2.45) is 17.8 Å². The molecule has 2 heterocycles. The summed E-state index contributed by atoms with van der Waals surface area (Å²) in [6, 6.07) is 11.7. The Morgan fingerprint density at radius 1 is 1.00 bits per heavy atom. The Balaban J connectivity index is 1.56. The molecule has 1 aromatic carbocycles. The van der Waals surface area contributed by atoms with E-state index in [1.54, 1.807) is 12.4 Å². The molecule has 4 nitrogen and oxygen atoms in total. The van der Waals surface area contributed by atoms with E-state index in [1.165, 1.54) is 10.5 Å². The van der Waals surface area contributed by atoms with Gasteiger partial charge in [-0.3, -0.25) is 19.5 Å². The van der Waals surface area contributed by atoms with Crippen molar-refractivity contribution < 1.29 is 9.59 Å². The van der Waals surface area contributed by atoms with Gasteiger partial charge in [0.1, 0.15) is 0 Å². The lowest BCUT2D eigenvalue weighted by Gasteiger charge is -2.22. The van der Waals surface area contributed by atoms with Crippen LogP contribution in [0.4, 0.5) is 5.69 Å². The average molecular weight is 332 g/mol. The van der Waals surface area contributed by atoms with Gasteiger partial charge in [0.05, 0.1) is 17.5 Å². The van der Waals surface area contributed by atoms with E-state index in [4.69, 9.17) is 0 Å². The summed E-state index contributed by atoms with van der Waals surface area (Å²) >= 11 is 0. The number of anilines is 1. The lowest BCUT2D eigenvalue weighted by atomic mass is 9.78. The highest BCUT2D eigenvalue weighted by molar-refractivity contribution is 6.22. The van der Waals surface area contributed by atoms with Crippen LogP contribution in [0.5, 0.6) is 0 Å². The van der Waals surface area contributed by atoms with Crippen molar-refractivity contribution in [3.8, 4) is 0 Å². The molecule has 0 N–H and O–H groups in total. The Morgan fingerprint density at radius 3 is 2.36 bits per heavy atom. The fraction of sp³-hybridized carbons (Fsp3) is 0.286. The minimum absolute atomic E-state index is 0.0614.